The standard InChI is InChI=1S/C10H17ClN2O2/c11-5-2-1-3-10(15)13-7-4-9(14)12-6-8-13/h1-8H2,(H,12,14). The van der Waals surface area contributed by atoms with Gasteiger partial charge >= 0.3 is 0 Å². The maximum absolute atomic E-state index is 11.7. The summed E-state index contributed by atoms with van der Waals surface area (Å²) in [5.41, 5.74) is 0. The Balaban J connectivity index is 2.28. The van der Waals surface area contributed by atoms with Crippen LogP contribution >= 0.6 is 11.6 Å². The van der Waals surface area contributed by atoms with Crippen molar-refractivity contribution in [2.75, 3.05) is 25.5 Å². The summed E-state index contributed by atoms with van der Waals surface area (Å²) < 4.78 is 0. The van der Waals surface area contributed by atoms with Crippen LogP contribution in [0.2, 0.25) is 0 Å². The Morgan fingerprint density at radius 2 is 2.20 bits per heavy atom. The third-order valence-electron chi connectivity index (χ3n) is 2.44. The first-order chi connectivity index (χ1) is 7.24. The van der Waals surface area contributed by atoms with E-state index in [0.29, 0.717) is 38.4 Å². The highest BCUT2D eigenvalue weighted by Crippen LogP contribution is 2.04. The number of rotatable bonds is 4. The van der Waals surface area contributed by atoms with Crippen LogP contribution in [0.15, 0.2) is 0 Å². The van der Waals surface area contributed by atoms with Gasteiger partial charge in [-0.1, -0.05) is 0 Å². The van der Waals surface area contributed by atoms with Gasteiger partial charge in [-0.15, -0.1) is 11.6 Å². The van der Waals surface area contributed by atoms with E-state index in [0.717, 1.165) is 12.8 Å². The maximum Gasteiger partial charge on any atom is 0.222 e. The molecule has 86 valence electrons. The minimum Gasteiger partial charge on any atom is -0.354 e. The highest BCUT2D eigenvalue weighted by atomic mass is 35.5. The fourth-order valence-electron chi connectivity index (χ4n) is 1.55. The number of hydrogen-bond donors (Lipinski definition) is 1. The molecule has 0 aromatic carbocycles. The summed E-state index contributed by atoms with van der Waals surface area (Å²) in [7, 11) is 0. The van der Waals surface area contributed by atoms with E-state index in [4.69, 9.17) is 11.6 Å². The number of amides is 2. The molecule has 0 spiro atoms. The van der Waals surface area contributed by atoms with Crippen LogP contribution < -0.4 is 5.32 Å². The highest BCUT2D eigenvalue weighted by molar-refractivity contribution is 6.17. The van der Waals surface area contributed by atoms with Crippen molar-refractivity contribution >= 4 is 23.4 Å². The van der Waals surface area contributed by atoms with Crippen molar-refractivity contribution in [3.8, 4) is 0 Å². The second-order valence-electron chi connectivity index (χ2n) is 3.63. The van der Waals surface area contributed by atoms with E-state index in [-0.39, 0.29) is 11.8 Å². The molecule has 15 heavy (non-hydrogen) atoms. The number of carbonyl (C=O) groups is 2. The molecule has 1 saturated heterocycles. The molecule has 1 aliphatic heterocycles. The number of hydrogen-bond acceptors (Lipinski definition) is 2. The van der Waals surface area contributed by atoms with E-state index in [2.05, 4.69) is 5.32 Å². The zero-order valence-electron chi connectivity index (χ0n) is 8.80. The molecule has 0 aromatic rings. The van der Waals surface area contributed by atoms with Crippen LogP contribution in [0.1, 0.15) is 25.7 Å². The van der Waals surface area contributed by atoms with Gasteiger partial charge in [0.15, 0.2) is 0 Å². The van der Waals surface area contributed by atoms with Gasteiger partial charge in [0.25, 0.3) is 0 Å². The van der Waals surface area contributed by atoms with Gasteiger partial charge < -0.3 is 10.2 Å². The Morgan fingerprint density at radius 1 is 1.40 bits per heavy atom. The Bertz CT molecular complexity index is 233. The first-order valence-corrected chi connectivity index (χ1v) is 5.88. The maximum atomic E-state index is 11.7. The third-order valence-corrected chi connectivity index (χ3v) is 2.71. The number of halogens is 1. The predicted molar refractivity (Wildman–Crippen MR) is 58.8 cm³/mol. The fourth-order valence-corrected chi connectivity index (χ4v) is 1.73. The van der Waals surface area contributed by atoms with Crippen molar-refractivity contribution in [2.45, 2.75) is 25.7 Å². The first-order valence-electron chi connectivity index (χ1n) is 5.34. The van der Waals surface area contributed by atoms with Gasteiger partial charge in [0, 0.05) is 38.4 Å². The summed E-state index contributed by atoms with van der Waals surface area (Å²) in [5.74, 6) is 0.774. The molecule has 2 amide bonds. The van der Waals surface area contributed by atoms with Gasteiger partial charge in [-0.05, 0) is 12.8 Å². The van der Waals surface area contributed by atoms with Crippen molar-refractivity contribution in [2.24, 2.45) is 0 Å². The number of unbranched alkanes of at least 4 members (excludes halogenated alkanes) is 1. The molecule has 0 aromatic heterocycles. The summed E-state index contributed by atoms with van der Waals surface area (Å²) in [6, 6.07) is 0. The third kappa shape index (κ3) is 4.51. The lowest BCUT2D eigenvalue weighted by molar-refractivity contribution is -0.131. The minimum atomic E-state index is 0.0334. The van der Waals surface area contributed by atoms with Gasteiger partial charge in [-0.25, -0.2) is 0 Å². The molecule has 0 unspecified atom stereocenters. The Kier molecular flexibility index (Phi) is 5.47. The normalized spacial score (nSPS) is 17.1. The van der Waals surface area contributed by atoms with Crippen LogP contribution in [-0.4, -0.2) is 42.2 Å². The summed E-state index contributed by atoms with van der Waals surface area (Å²) in [6.45, 7) is 1.75. The highest BCUT2D eigenvalue weighted by Gasteiger charge is 2.17. The van der Waals surface area contributed by atoms with Crippen molar-refractivity contribution in [3.05, 3.63) is 0 Å². The van der Waals surface area contributed by atoms with Crippen LogP contribution in [0.5, 0.6) is 0 Å². The zero-order valence-corrected chi connectivity index (χ0v) is 9.55. The summed E-state index contributed by atoms with van der Waals surface area (Å²) >= 11 is 5.54. The molecule has 1 heterocycles. The van der Waals surface area contributed by atoms with Gasteiger partial charge in [0.2, 0.25) is 11.8 Å². The monoisotopic (exact) mass is 232 g/mol. The Hall–Kier alpha value is -0.770. The molecule has 0 saturated carbocycles. The SMILES string of the molecule is O=C1CCN(C(=O)CCCCCl)CCN1. The lowest BCUT2D eigenvalue weighted by Crippen LogP contribution is -2.34. The van der Waals surface area contributed by atoms with E-state index in [1.807, 2.05) is 0 Å². The van der Waals surface area contributed by atoms with Crippen molar-refractivity contribution in [1.29, 1.82) is 0 Å². The number of carbonyl (C=O) groups excluding carboxylic acids is 2. The topological polar surface area (TPSA) is 49.4 Å². The summed E-state index contributed by atoms with van der Waals surface area (Å²) in [6.07, 6.45) is 2.67. The van der Waals surface area contributed by atoms with Crippen molar-refractivity contribution in [1.82, 2.24) is 10.2 Å². The van der Waals surface area contributed by atoms with Crippen molar-refractivity contribution < 1.29 is 9.59 Å². The van der Waals surface area contributed by atoms with Crippen LogP contribution in [-0.2, 0) is 9.59 Å². The van der Waals surface area contributed by atoms with Crippen molar-refractivity contribution in [3.63, 3.8) is 0 Å². The Morgan fingerprint density at radius 3 is 2.93 bits per heavy atom. The average Bonchev–Trinajstić information content (AvgIpc) is 2.43. The number of nitrogens with one attached hydrogen (secondary N) is 1. The zero-order chi connectivity index (χ0) is 11.1. The smallest absolute Gasteiger partial charge is 0.222 e. The molecule has 4 nitrogen and oxygen atoms in total. The molecule has 1 fully saturated rings. The second kappa shape index (κ2) is 6.67. The van der Waals surface area contributed by atoms with E-state index >= 15 is 0 Å². The van der Waals surface area contributed by atoms with Gasteiger partial charge in [0.05, 0.1) is 0 Å². The minimum absolute atomic E-state index is 0.0334. The molecule has 0 atom stereocenters. The number of nitrogens with zero attached hydrogens (tertiary/aromatic N) is 1. The van der Waals surface area contributed by atoms with E-state index < -0.39 is 0 Å². The Labute approximate surface area is 95.0 Å². The molecule has 1 rings (SSSR count). The fraction of sp³-hybridized carbons (Fsp3) is 0.800. The quantitative estimate of drug-likeness (QED) is 0.574. The van der Waals surface area contributed by atoms with Crippen LogP contribution in [0, 0.1) is 0 Å². The molecular weight excluding hydrogens is 216 g/mol. The molecule has 0 radical (unpaired) electrons. The van der Waals surface area contributed by atoms with Crippen LogP contribution in [0.25, 0.3) is 0 Å². The van der Waals surface area contributed by atoms with E-state index in [1.54, 1.807) is 4.90 Å². The summed E-state index contributed by atoms with van der Waals surface area (Å²) in [4.78, 5) is 24.5. The second-order valence-corrected chi connectivity index (χ2v) is 4.00. The average molecular weight is 233 g/mol. The molecule has 5 heteroatoms. The molecule has 0 aliphatic carbocycles. The first kappa shape index (κ1) is 12.3. The number of alkyl halides is 1. The predicted octanol–water partition coefficient (Wildman–Crippen LogP) is 0.744. The molecular formula is C10H17ClN2O2. The summed E-state index contributed by atoms with van der Waals surface area (Å²) in [5, 5.41) is 2.74. The molecule has 1 N–H and O–H groups in total. The van der Waals surface area contributed by atoms with E-state index in [1.165, 1.54) is 0 Å². The lowest BCUT2D eigenvalue weighted by Gasteiger charge is -2.19. The molecule has 0 bridgehead atoms. The lowest BCUT2D eigenvalue weighted by atomic mass is 10.2. The van der Waals surface area contributed by atoms with Crippen LogP contribution in [0.3, 0.4) is 0 Å². The van der Waals surface area contributed by atoms with Gasteiger partial charge in [-0.3, -0.25) is 9.59 Å². The largest absolute Gasteiger partial charge is 0.354 e. The van der Waals surface area contributed by atoms with Gasteiger partial charge in [0.1, 0.15) is 0 Å². The van der Waals surface area contributed by atoms with Gasteiger partial charge in [-0.2, -0.15) is 0 Å². The van der Waals surface area contributed by atoms with E-state index in [9.17, 15) is 9.59 Å². The van der Waals surface area contributed by atoms with Crippen LogP contribution in [0.4, 0.5) is 0 Å². The molecule has 1 aliphatic rings.